The van der Waals surface area contributed by atoms with Gasteiger partial charge in [0.05, 0.1) is 0 Å². The molecule has 2 rings (SSSR count). The highest BCUT2D eigenvalue weighted by atomic mass is 16.5. The zero-order valence-corrected chi connectivity index (χ0v) is 16.4. The molecule has 1 unspecified atom stereocenters. The third kappa shape index (κ3) is 3.93. The van der Waals surface area contributed by atoms with Crippen LogP contribution in [-0.2, 0) is 14.3 Å². The van der Waals surface area contributed by atoms with E-state index in [1.807, 2.05) is 6.92 Å². The molecular weight excluding hydrogens is 316 g/mol. The maximum atomic E-state index is 11.2. The lowest BCUT2D eigenvalue weighted by molar-refractivity contribution is -0.190. The standard InChI is InChI=1S/C21H34O4/c1-15(13-18(23)24)7-8-17-20(4)11-6-10-19(2,3)16(20)9-12-21(17,5)25-14-22/h13-14,16-17H,6-12H2,1-5H3,(H,23,24)/b15-13+/t16?,17-,20+,21-/m1/s1. The number of hydrogen-bond acceptors (Lipinski definition) is 3. The highest BCUT2D eigenvalue weighted by molar-refractivity contribution is 5.80. The fourth-order valence-corrected chi connectivity index (χ4v) is 6.15. The van der Waals surface area contributed by atoms with Gasteiger partial charge in [0.2, 0.25) is 0 Å². The molecule has 25 heavy (non-hydrogen) atoms. The van der Waals surface area contributed by atoms with E-state index in [2.05, 4.69) is 27.7 Å². The summed E-state index contributed by atoms with van der Waals surface area (Å²) in [4.78, 5) is 22.1. The SMILES string of the molecule is C/C(=C\C(=O)O)CC[C@H]1[C@](C)(OC=O)CCC2C(C)(C)CCC[C@@]21C. The number of allylic oxidation sites excluding steroid dienone is 1. The molecule has 1 N–H and O–H groups in total. The van der Waals surface area contributed by atoms with Crippen LogP contribution in [-0.4, -0.2) is 23.1 Å². The monoisotopic (exact) mass is 350 g/mol. The Hall–Kier alpha value is -1.32. The first kappa shape index (κ1) is 20.0. The zero-order chi connectivity index (χ0) is 18.9. The molecule has 4 heteroatoms. The molecule has 4 nitrogen and oxygen atoms in total. The van der Waals surface area contributed by atoms with Crippen LogP contribution in [0.2, 0.25) is 0 Å². The van der Waals surface area contributed by atoms with Crippen LogP contribution in [0.15, 0.2) is 11.6 Å². The molecule has 0 aromatic carbocycles. The zero-order valence-electron chi connectivity index (χ0n) is 16.4. The van der Waals surface area contributed by atoms with Crippen molar-refractivity contribution in [3.8, 4) is 0 Å². The second kappa shape index (κ2) is 7.13. The molecule has 0 radical (unpaired) electrons. The Labute approximate surface area is 152 Å². The second-order valence-electron chi connectivity index (χ2n) is 9.39. The van der Waals surface area contributed by atoms with Crippen LogP contribution in [0, 0.1) is 22.7 Å². The topological polar surface area (TPSA) is 63.6 Å². The minimum atomic E-state index is -0.893. The second-order valence-corrected chi connectivity index (χ2v) is 9.39. The molecule has 142 valence electrons. The Morgan fingerprint density at radius 2 is 1.88 bits per heavy atom. The summed E-state index contributed by atoms with van der Waals surface area (Å²) in [5.41, 5.74) is 0.854. The van der Waals surface area contributed by atoms with Crippen LogP contribution in [0.5, 0.6) is 0 Å². The molecule has 0 aliphatic heterocycles. The lowest BCUT2D eigenvalue weighted by atomic mass is 9.45. The molecule has 0 heterocycles. The van der Waals surface area contributed by atoms with Crippen molar-refractivity contribution in [1.29, 1.82) is 0 Å². The lowest BCUT2D eigenvalue weighted by Crippen LogP contribution is -2.58. The summed E-state index contributed by atoms with van der Waals surface area (Å²) in [5.74, 6) is -0.0255. The number of carboxylic acids is 1. The average Bonchev–Trinajstić information content (AvgIpc) is 2.44. The first-order valence-electron chi connectivity index (χ1n) is 9.57. The van der Waals surface area contributed by atoms with Gasteiger partial charge in [0.15, 0.2) is 0 Å². The first-order chi connectivity index (χ1) is 11.5. The van der Waals surface area contributed by atoms with Crippen LogP contribution in [0.1, 0.15) is 79.6 Å². The van der Waals surface area contributed by atoms with Crippen molar-refractivity contribution in [3.05, 3.63) is 11.6 Å². The van der Waals surface area contributed by atoms with Crippen LogP contribution in [0.4, 0.5) is 0 Å². The molecule has 0 aromatic heterocycles. The van der Waals surface area contributed by atoms with Gasteiger partial charge in [-0.25, -0.2) is 4.79 Å². The normalized spacial score (nSPS) is 37.9. The van der Waals surface area contributed by atoms with Crippen LogP contribution < -0.4 is 0 Å². The molecule has 2 saturated carbocycles. The third-order valence-electron chi connectivity index (χ3n) is 7.25. The summed E-state index contributed by atoms with van der Waals surface area (Å²) in [5, 5.41) is 8.97. The average molecular weight is 350 g/mol. The predicted molar refractivity (Wildman–Crippen MR) is 98.1 cm³/mol. The Balaban J connectivity index is 2.32. The Bertz CT molecular complexity index is 550. The fourth-order valence-electron chi connectivity index (χ4n) is 6.15. The third-order valence-corrected chi connectivity index (χ3v) is 7.25. The van der Waals surface area contributed by atoms with Crippen molar-refractivity contribution in [2.24, 2.45) is 22.7 Å². The van der Waals surface area contributed by atoms with Crippen molar-refractivity contribution in [2.45, 2.75) is 85.2 Å². The predicted octanol–water partition coefficient (Wildman–Crippen LogP) is 4.97. The molecule has 0 bridgehead atoms. The van der Waals surface area contributed by atoms with Gasteiger partial charge in [0, 0.05) is 12.0 Å². The number of hydrogen-bond donors (Lipinski definition) is 1. The van der Waals surface area contributed by atoms with Crippen molar-refractivity contribution >= 4 is 12.4 Å². The van der Waals surface area contributed by atoms with E-state index in [4.69, 9.17) is 9.84 Å². The molecular formula is C21H34O4. The molecule has 0 spiro atoms. The van der Waals surface area contributed by atoms with Gasteiger partial charge in [-0.05, 0) is 69.1 Å². The number of carboxylic acid groups (broad SMARTS) is 1. The van der Waals surface area contributed by atoms with Gasteiger partial charge in [-0.2, -0.15) is 0 Å². The van der Waals surface area contributed by atoms with Crippen molar-refractivity contribution in [2.75, 3.05) is 0 Å². The highest BCUT2D eigenvalue weighted by Crippen LogP contribution is 2.63. The number of ether oxygens (including phenoxy) is 1. The van der Waals surface area contributed by atoms with Crippen molar-refractivity contribution < 1.29 is 19.4 Å². The van der Waals surface area contributed by atoms with Gasteiger partial charge in [0.25, 0.3) is 6.47 Å². The van der Waals surface area contributed by atoms with Crippen molar-refractivity contribution in [3.63, 3.8) is 0 Å². The molecule has 0 aromatic rings. The van der Waals surface area contributed by atoms with E-state index in [0.717, 1.165) is 37.7 Å². The largest absolute Gasteiger partial charge is 0.478 e. The van der Waals surface area contributed by atoms with E-state index in [-0.39, 0.29) is 11.3 Å². The molecule has 2 fully saturated rings. The molecule has 4 atom stereocenters. The van der Waals surface area contributed by atoms with Gasteiger partial charge in [-0.3, -0.25) is 4.79 Å². The Morgan fingerprint density at radius 1 is 1.20 bits per heavy atom. The van der Waals surface area contributed by atoms with Gasteiger partial charge < -0.3 is 9.84 Å². The number of carbonyl (C=O) groups is 2. The Kier molecular flexibility index (Phi) is 5.70. The van der Waals surface area contributed by atoms with E-state index in [0.29, 0.717) is 17.8 Å². The number of carbonyl (C=O) groups excluding carboxylic acids is 1. The first-order valence-corrected chi connectivity index (χ1v) is 9.57. The number of rotatable bonds is 6. The van der Waals surface area contributed by atoms with E-state index < -0.39 is 11.6 Å². The minimum Gasteiger partial charge on any atom is -0.478 e. The maximum Gasteiger partial charge on any atom is 0.328 e. The van der Waals surface area contributed by atoms with Gasteiger partial charge in [0.1, 0.15) is 5.60 Å². The van der Waals surface area contributed by atoms with Gasteiger partial charge >= 0.3 is 5.97 Å². The summed E-state index contributed by atoms with van der Waals surface area (Å²) in [6.45, 7) is 11.7. The van der Waals surface area contributed by atoms with Crippen LogP contribution in [0.3, 0.4) is 0 Å². The van der Waals surface area contributed by atoms with E-state index in [9.17, 15) is 9.59 Å². The molecule has 0 amide bonds. The summed E-state index contributed by atoms with van der Waals surface area (Å²) in [6, 6.07) is 0. The summed E-state index contributed by atoms with van der Waals surface area (Å²) in [7, 11) is 0. The fraction of sp³-hybridized carbons (Fsp3) is 0.810. The minimum absolute atomic E-state index is 0.126. The number of aliphatic carboxylic acids is 1. The molecule has 2 aliphatic rings. The van der Waals surface area contributed by atoms with Crippen LogP contribution >= 0.6 is 0 Å². The lowest BCUT2D eigenvalue weighted by Gasteiger charge is -2.61. The van der Waals surface area contributed by atoms with E-state index >= 15 is 0 Å². The molecule has 0 saturated heterocycles. The quantitative estimate of drug-likeness (QED) is 0.542. The number of fused-ring (bicyclic) bond motifs is 1. The summed E-state index contributed by atoms with van der Waals surface area (Å²) in [6.07, 6.45) is 8.49. The smallest absolute Gasteiger partial charge is 0.328 e. The highest BCUT2D eigenvalue weighted by Gasteiger charge is 2.58. The molecule has 2 aliphatic carbocycles. The van der Waals surface area contributed by atoms with Crippen molar-refractivity contribution in [1.82, 2.24) is 0 Å². The van der Waals surface area contributed by atoms with E-state index in [1.165, 1.54) is 18.9 Å². The summed E-state index contributed by atoms with van der Waals surface area (Å²) >= 11 is 0. The van der Waals surface area contributed by atoms with E-state index in [1.54, 1.807) is 0 Å². The van der Waals surface area contributed by atoms with Crippen LogP contribution in [0.25, 0.3) is 0 Å². The van der Waals surface area contributed by atoms with Gasteiger partial charge in [-0.1, -0.05) is 32.8 Å². The Morgan fingerprint density at radius 3 is 2.48 bits per heavy atom. The summed E-state index contributed by atoms with van der Waals surface area (Å²) < 4.78 is 5.66. The van der Waals surface area contributed by atoms with Gasteiger partial charge in [-0.15, -0.1) is 0 Å². The maximum absolute atomic E-state index is 11.2.